The molecule has 3 aromatic rings. The fourth-order valence-electron chi connectivity index (χ4n) is 2.65. The molecule has 0 bridgehead atoms. The molecular formula is C20H13BrO5S2. The van der Waals surface area contributed by atoms with Crippen molar-refractivity contribution >= 4 is 49.2 Å². The highest BCUT2D eigenvalue weighted by Crippen LogP contribution is 2.36. The molecule has 0 amide bonds. The molecule has 1 aliphatic rings. The number of rotatable bonds is 4. The van der Waals surface area contributed by atoms with Crippen LogP contribution in [0.3, 0.4) is 0 Å². The highest BCUT2D eigenvalue weighted by molar-refractivity contribution is 9.10. The standard InChI is InChI=1S/C20H13BrO5S2/c1-12-8-9-27-19(12)11-18-20(22)16-7-4-14(10-17(16)25-18)26-28(23,24)15-5-2-13(21)3-6-15/h2-11H,1H3/b18-11-. The molecule has 2 heterocycles. The lowest BCUT2D eigenvalue weighted by Gasteiger charge is -2.08. The number of aryl methyl sites for hydroxylation is 1. The van der Waals surface area contributed by atoms with Crippen molar-refractivity contribution in [2.24, 2.45) is 0 Å². The molecule has 1 aliphatic heterocycles. The average Bonchev–Trinajstić information content (AvgIpc) is 3.19. The molecule has 0 saturated heterocycles. The molecule has 28 heavy (non-hydrogen) atoms. The van der Waals surface area contributed by atoms with Crippen LogP contribution in [0.25, 0.3) is 6.08 Å². The monoisotopic (exact) mass is 476 g/mol. The molecule has 0 aliphatic carbocycles. The summed E-state index contributed by atoms with van der Waals surface area (Å²) >= 11 is 4.77. The molecular weight excluding hydrogens is 464 g/mol. The zero-order chi connectivity index (χ0) is 19.9. The third kappa shape index (κ3) is 3.63. The first-order valence-electron chi connectivity index (χ1n) is 8.16. The summed E-state index contributed by atoms with van der Waals surface area (Å²) in [6, 6.07) is 12.4. The SMILES string of the molecule is Cc1ccsc1/C=C1\Oc2cc(OS(=O)(=O)c3ccc(Br)cc3)ccc2C1=O. The number of Topliss-reactive ketones (excluding diaryl/α,β-unsaturated/α-hetero) is 1. The number of hydrogen-bond acceptors (Lipinski definition) is 6. The number of thiophene rings is 1. The summed E-state index contributed by atoms with van der Waals surface area (Å²) in [5.74, 6) is 0.301. The fraction of sp³-hybridized carbons (Fsp3) is 0.0500. The molecule has 0 N–H and O–H groups in total. The number of hydrogen-bond donors (Lipinski definition) is 0. The minimum absolute atomic E-state index is 0.0296. The molecule has 1 aromatic heterocycles. The molecule has 0 spiro atoms. The Hall–Kier alpha value is -2.42. The second-order valence-electron chi connectivity index (χ2n) is 6.06. The molecule has 0 atom stereocenters. The van der Waals surface area contributed by atoms with Gasteiger partial charge in [0, 0.05) is 21.5 Å². The summed E-state index contributed by atoms with van der Waals surface area (Å²) in [5, 5.41) is 1.94. The fourth-order valence-corrected chi connectivity index (χ4v) is 4.68. The smallest absolute Gasteiger partial charge is 0.339 e. The van der Waals surface area contributed by atoms with E-state index in [1.165, 1.54) is 41.7 Å². The van der Waals surface area contributed by atoms with Crippen LogP contribution >= 0.6 is 27.3 Å². The minimum Gasteiger partial charge on any atom is -0.452 e. The Bertz CT molecular complexity index is 1210. The largest absolute Gasteiger partial charge is 0.452 e. The maximum atomic E-state index is 12.5. The van der Waals surface area contributed by atoms with E-state index in [1.807, 2.05) is 18.4 Å². The van der Waals surface area contributed by atoms with Crippen LogP contribution in [0.15, 0.2) is 69.0 Å². The number of halogens is 1. The van der Waals surface area contributed by atoms with Gasteiger partial charge in [-0.05, 0) is 60.3 Å². The van der Waals surface area contributed by atoms with Gasteiger partial charge in [0.05, 0.1) is 5.56 Å². The first-order chi connectivity index (χ1) is 13.3. The average molecular weight is 477 g/mol. The number of carbonyl (C=O) groups is 1. The second-order valence-corrected chi connectivity index (χ2v) is 9.47. The number of carbonyl (C=O) groups excluding carboxylic acids is 1. The van der Waals surface area contributed by atoms with E-state index in [-0.39, 0.29) is 27.9 Å². The first kappa shape index (κ1) is 18.9. The van der Waals surface area contributed by atoms with Gasteiger partial charge in [-0.25, -0.2) is 0 Å². The molecule has 4 rings (SSSR count). The molecule has 0 radical (unpaired) electrons. The first-order valence-corrected chi connectivity index (χ1v) is 11.2. The van der Waals surface area contributed by atoms with Crippen molar-refractivity contribution in [3.8, 4) is 11.5 Å². The Morgan fingerprint density at radius 3 is 2.54 bits per heavy atom. The lowest BCUT2D eigenvalue weighted by molar-refractivity contribution is 0.101. The summed E-state index contributed by atoms with van der Waals surface area (Å²) in [4.78, 5) is 13.5. The van der Waals surface area contributed by atoms with Crippen molar-refractivity contribution in [3.05, 3.63) is 80.1 Å². The van der Waals surface area contributed by atoms with Gasteiger partial charge in [0.2, 0.25) is 5.78 Å². The topological polar surface area (TPSA) is 69.7 Å². The second kappa shape index (κ2) is 7.20. The number of fused-ring (bicyclic) bond motifs is 1. The van der Waals surface area contributed by atoms with Crippen LogP contribution in [-0.4, -0.2) is 14.2 Å². The maximum Gasteiger partial charge on any atom is 0.339 e. The summed E-state index contributed by atoms with van der Waals surface area (Å²) in [5.41, 5.74) is 1.42. The van der Waals surface area contributed by atoms with Gasteiger partial charge in [0.25, 0.3) is 0 Å². The Balaban J connectivity index is 1.60. The van der Waals surface area contributed by atoms with E-state index in [9.17, 15) is 13.2 Å². The van der Waals surface area contributed by atoms with Gasteiger partial charge in [-0.3, -0.25) is 4.79 Å². The quantitative estimate of drug-likeness (QED) is 0.382. The Morgan fingerprint density at radius 2 is 1.86 bits per heavy atom. The van der Waals surface area contributed by atoms with Crippen LogP contribution < -0.4 is 8.92 Å². The normalized spacial score (nSPS) is 14.8. The zero-order valence-corrected chi connectivity index (χ0v) is 17.7. The lowest BCUT2D eigenvalue weighted by Crippen LogP contribution is -2.09. The number of ketones is 1. The Kier molecular flexibility index (Phi) is 4.86. The maximum absolute atomic E-state index is 12.5. The Morgan fingerprint density at radius 1 is 1.11 bits per heavy atom. The molecule has 8 heteroatoms. The summed E-state index contributed by atoms with van der Waals surface area (Å²) in [6.45, 7) is 1.95. The van der Waals surface area contributed by atoms with Crippen LogP contribution in [0.1, 0.15) is 20.8 Å². The van der Waals surface area contributed by atoms with Crippen molar-refractivity contribution in [3.63, 3.8) is 0 Å². The number of benzene rings is 2. The third-order valence-electron chi connectivity index (χ3n) is 4.11. The van der Waals surface area contributed by atoms with Gasteiger partial charge in [-0.2, -0.15) is 8.42 Å². The third-order valence-corrected chi connectivity index (χ3v) is 6.87. The number of ether oxygens (including phenoxy) is 1. The summed E-state index contributed by atoms with van der Waals surface area (Å²) in [6.07, 6.45) is 1.70. The van der Waals surface area contributed by atoms with Crippen molar-refractivity contribution in [1.29, 1.82) is 0 Å². The minimum atomic E-state index is -4.00. The number of allylic oxidation sites excluding steroid dienone is 1. The van der Waals surface area contributed by atoms with Gasteiger partial charge >= 0.3 is 10.1 Å². The van der Waals surface area contributed by atoms with E-state index in [2.05, 4.69) is 15.9 Å². The zero-order valence-electron chi connectivity index (χ0n) is 14.5. The molecule has 0 unspecified atom stereocenters. The van der Waals surface area contributed by atoms with E-state index >= 15 is 0 Å². The molecule has 2 aromatic carbocycles. The van der Waals surface area contributed by atoms with Crippen molar-refractivity contribution in [2.45, 2.75) is 11.8 Å². The lowest BCUT2D eigenvalue weighted by atomic mass is 10.1. The van der Waals surface area contributed by atoms with Crippen molar-refractivity contribution in [2.75, 3.05) is 0 Å². The van der Waals surface area contributed by atoms with E-state index in [4.69, 9.17) is 8.92 Å². The van der Waals surface area contributed by atoms with Gasteiger partial charge in [-0.1, -0.05) is 15.9 Å². The van der Waals surface area contributed by atoms with Gasteiger partial charge in [0.15, 0.2) is 5.76 Å². The highest BCUT2D eigenvalue weighted by Gasteiger charge is 2.29. The van der Waals surface area contributed by atoms with Crippen LogP contribution in [-0.2, 0) is 10.1 Å². The van der Waals surface area contributed by atoms with E-state index in [0.29, 0.717) is 5.56 Å². The van der Waals surface area contributed by atoms with E-state index < -0.39 is 10.1 Å². The highest BCUT2D eigenvalue weighted by atomic mass is 79.9. The van der Waals surface area contributed by atoms with Crippen LogP contribution in [0.4, 0.5) is 0 Å². The van der Waals surface area contributed by atoms with Gasteiger partial charge in [-0.15, -0.1) is 11.3 Å². The summed E-state index contributed by atoms with van der Waals surface area (Å²) < 4.78 is 36.5. The molecule has 0 fully saturated rings. The van der Waals surface area contributed by atoms with Crippen molar-refractivity contribution in [1.82, 2.24) is 0 Å². The van der Waals surface area contributed by atoms with Crippen LogP contribution in [0.5, 0.6) is 11.5 Å². The summed E-state index contributed by atoms with van der Waals surface area (Å²) in [7, 11) is -4.00. The van der Waals surface area contributed by atoms with E-state index in [0.717, 1.165) is 14.9 Å². The predicted octanol–water partition coefficient (Wildman–Crippen LogP) is 5.20. The van der Waals surface area contributed by atoms with Crippen LogP contribution in [0, 0.1) is 6.92 Å². The Labute approximate surface area is 174 Å². The molecule has 5 nitrogen and oxygen atoms in total. The van der Waals surface area contributed by atoms with Crippen molar-refractivity contribution < 1.29 is 22.1 Å². The van der Waals surface area contributed by atoms with E-state index in [1.54, 1.807) is 18.2 Å². The predicted molar refractivity (Wildman–Crippen MR) is 110 cm³/mol. The van der Waals surface area contributed by atoms with Gasteiger partial charge in [0.1, 0.15) is 16.4 Å². The van der Waals surface area contributed by atoms with Gasteiger partial charge < -0.3 is 8.92 Å². The molecule has 0 saturated carbocycles. The van der Waals surface area contributed by atoms with Crippen LogP contribution in [0.2, 0.25) is 0 Å². The molecule has 142 valence electrons.